The first-order valence-corrected chi connectivity index (χ1v) is 10.9. The summed E-state index contributed by atoms with van der Waals surface area (Å²) in [5.74, 6) is 0.0833. The lowest BCUT2D eigenvalue weighted by Crippen LogP contribution is -2.48. The molecule has 1 saturated heterocycles. The van der Waals surface area contributed by atoms with Gasteiger partial charge in [-0.2, -0.15) is 0 Å². The van der Waals surface area contributed by atoms with Crippen LogP contribution in [-0.2, 0) is 12.8 Å². The highest BCUT2D eigenvalue weighted by molar-refractivity contribution is 7.14. The number of carbonyl (C=O) groups is 1. The van der Waals surface area contributed by atoms with Crippen LogP contribution in [0.3, 0.4) is 0 Å². The van der Waals surface area contributed by atoms with Crippen LogP contribution in [0.5, 0.6) is 0 Å². The average Bonchev–Trinajstić information content (AvgIpc) is 3.12. The predicted molar refractivity (Wildman–Crippen MR) is 115 cm³/mol. The largest absolute Gasteiger partial charge is 0.369 e. The minimum atomic E-state index is 0.0833. The molecule has 1 aliphatic heterocycles. The highest BCUT2D eigenvalue weighted by atomic mass is 32.1. The van der Waals surface area contributed by atoms with E-state index < -0.39 is 0 Å². The summed E-state index contributed by atoms with van der Waals surface area (Å²) < 4.78 is 0. The van der Waals surface area contributed by atoms with E-state index in [0.717, 1.165) is 56.9 Å². The molecular formula is C22H31N3OS. The van der Waals surface area contributed by atoms with Crippen LogP contribution in [0.2, 0.25) is 0 Å². The number of piperazine rings is 1. The summed E-state index contributed by atoms with van der Waals surface area (Å²) in [6, 6.07) is 12.7. The number of anilines is 1. The summed E-state index contributed by atoms with van der Waals surface area (Å²) in [6.45, 7) is 10.2. The van der Waals surface area contributed by atoms with Crippen LogP contribution in [0.15, 0.2) is 36.4 Å². The Morgan fingerprint density at radius 3 is 2.52 bits per heavy atom. The Hall–Kier alpha value is -1.85. The lowest BCUT2D eigenvalue weighted by molar-refractivity contribution is 0.0952. The van der Waals surface area contributed by atoms with E-state index in [0.29, 0.717) is 6.54 Å². The molecule has 1 aliphatic rings. The number of rotatable bonds is 8. The molecule has 1 aromatic carbocycles. The molecule has 2 heterocycles. The zero-order valence-corrected chi connectivity index (χ0v) is 17.4. The lowest BCUT2D eigenvalue weighted by Gasteiger charge is -2.36. The first-order valence-electron chi connectivity index (χ1n) is 10.1. The normalized spacial score (nSPS) is 15.1. The molecule has 1 N–H and O–H groups in total. The Morgan fingerprint density at radius 1 is 1.11 bits per heavy atom. The molecule has 1 fully saturated rings. The predicted octanol–water partition coefficient (Wildman–Crippen LogP) is 3.82. The number of thiophene rings is 1. The van der Waals surface area contributed by atoms with Gasteiger partial charge in [0.15, 0.2) is 0 Å². The monoisotopic (exact) mass is 385 g/mol. The Balaban J connectivity index is 1.42. The minimum Gasteiger partial charge on any atom is -0.369 e. The van der Waals surface area contributed by atoms with E-state index in [1.807, 2.05) is 0 Å². The lowest BCUT2D eigenvalue weighted by atomic mass is 10.1. The van der Waals surface area contributed by atoms with Crippen molar-refractivity contribution in [3.05, 3.63) is 51.7 Å². The van der Waals surface area contributed by atoms with Crippen LogP contribution in [-0.4, -0.2) is 50.1 Å². The fourth-order valence-corrected chi connectivity index (χ4v) is 4.87. The third-order valence-electron chi connectivity index (χ3n) is 5.19. The first kappa shape index (κ1) is 19.9. The number of nitrogens with zero attached hydrogens (tertiary/aromatic N) is 2. The third-order valence-corrected chi connectivity index (χ3v) is 6.42. The summed E-state index contributed by atoms with van der Waals surface area (Å²) in [6.07, 6.45) is 3.21. The second kappa shape index (κ2) is 9.90. The zero-order chi connectivity index (χ0) is 19.1. The van der Waals surface area contributed by atoms with Crippen molar-refractivity contribution in [3.8, 4) is 0 Å². The number of benzene rings is 1. The fourth-order valence-electron chi connectivity index (χ4n) is 3.60. The standard InChI is InChI=1S/C22H31N3OS/c1-3-8-20-18(4-2)17-21(27-20)22(26)23-11-12-24-13-15-25(16-14-24)19-9-6-5-7-10-19/h5-7,9-10,17H,3-4,8,11-16H2,1-2H3,(H,23,26). The maximum absolute atomic E-state index is 12.5. The molecule has 0 saturated carbocycles. The van der Waals surface area contributed by atoms with Crippen molar-refractivity contribution in [1.29, 1.82) is 0 Å². The summed E-state index contributed by atoms with van der Waals surface area (Å²) >= 11 is 1.67. The molecule has 0 atom stereocenters. The Morgan fingerprint density at radius 2 is 1.85 bits per heavy atom. The molecule has 0 radical (unpaired) electrons. The van der Waals surface area contributed by atoms with Gasteiger partial charge in [-0.15, -0.1) is 11.3 Å². The second-order valence-corrected chi connectivity index (χ2v) is 8.22. The van der Waals surface area contributed by atoms with Crippen LogP contribution >= 0.6 is 11.3 Å². The van der Waals surface area contributed by atoms with Gasteiger partial charge >= 0.3 is 0 Å². The van der Waals surface area contributed by atoms with Gasteiger partial charge in [0, 0.05) is 49.8 Å². The van der Waals surface area contributed by atoms with Crippen molar-refractivity contribution in [3.63, 3.8) is 0 Å². The number of nitrogens with one attached hydrogen (secondary N) is 1. The maximum Gasteiger partial charge on any atom is 0.261 e. The highest BCUT2D eigenvalue weighted by Gasteiger charge is 2.17. The second-order valence-electron chi connectivity index (χ2n) is 7.08. The van der Waals surface area contributed by atoms with Crippen LogP contribution in [0.1, 0.15) is 40.4 Å². The topological polar surface area (TPSA) is 35.6 Å². The smallest absolute Gasteiger partial charge is 0.261 e. The number of amides is 1. The molecular weight excluding hydrogens is 354 g/mol. The van der Waals surface area contributed by atoms with Crippen molar-refractivity contribution < 1.29 is 4.79 Å². The quantitative estimate of drug-likeness (QED) is 0.750. The molecule has 1 aromatic heterocycles. The van der Waals surface area contributed by atoms with E-state index in [-0.39, 0.29) is 5.91 Å². The first-order chi connectivity index (χ1) is 13.2. The molecule has 2 aromatic rings. The molecule has 0 unspecified atom stereocenters. The van der Waals surface area contributed by atoms with Gasteiger partial charge in [-0.3, -0.25) is 9.69 Å². The number of aryl methyl sites for hydroxylation is 2. The molecule has 4 nitrogen and oxygen atoms in total. The molecule has 5 heteroatoms. The molecule has 0 aliphatic carbocycles. The molecule has 0 bridgehead atoms. The highest BCUT2D eigenvalue weighted by Crippen LogP contribution is 2.24. The van der Waals surface area contributed by atoms with Gasteiger partial charge in [-0.05, 0) is 36.6 Å². The van der Waals surface area contributed by atoms with Gasteiger partial charge in [-0.25, -0.2) is 0 Å². The van der Waals surface area contributed by atoms with Gasteiger partial charge in [-0.1, -0.05) is 38.5 Å². The average molecular weight is 386 g/mol. The van der Waals surface area contributed by atoms with Gasteiger partial charge < -0.3 is 10.2 Å². The van der Waals surface area contributed by atoms with E-state index in [4.69, 9.17) is 0 Å². The summed E-state index contributed by atoms with van der Waals surface area (Å²) in [5.41, 5.74) is 2.64. The van der Waals surface area contributed by atoms with E-state index in [9.17, 15) is 4.79 Å². The molecule has 1 amide bonds. The Kier molecular flexibility index (Phi) is 7.30. The number of hydrogen-bond donors (Lipinski definition) is 1. The van der Waals surface area contributed by atoms with Crippen molar-refractivity contribution in [1.82, 2.24) is 10.2 Å². The van der Waals surface area contributed by atoms with E-state index in [2.05, 4.69) is 65.4 Å². The van der Waals surface area contributed by atoms with E-state index in [1.54, 1.807) is 11.3 Å². The summed E-state index contributed by atoms with van der Waals surface area (Å²) in [4.78, 5) is 19.6. The Labute approximate surface area is 167 Å². The van der Waals surface area contributed by atoms with E-state index >= 15 is 0 Å². The SMILES string of the molecule is CCCc1sc(C(=O)NCCN2CCN(c3ccccc3)CC2)cc1CC. The number of para-hydroxylation sites is 1. The van der Waals surface area contributed by atoms with E-state index in [1.165, 1.54) is 16.1 Å². The molecule has 0 spiro atoms. The maximum atomic E-state index is 12.5. The molecule has 27 heavy (non-hydrogen) atoms. The van der Waals surface area contributed by atoms with Gasteiger partial charge in [0.05, 0.1) is 4.88 Å². The van der Waals surface area contributed by atoms with Crippen molar-refractivity contribution in [2.75, 3.05) is 44.2 Å². The Bertz CT molecular complexity index is 720. The molecule has 146 valence electrons. The van der Waals surface area contributed by atoms with Gasteiger partial charge in [0.25, 0.3) is 5.91 Å². The van der Waals surface area contributed by atoms with Crippen LogP contribution in [0, 0.1) is 0 Å². The third kappa shape index (κ3) is 5.33. The van der Waals surface area contributed by atoms with Crippen molar-refractivity contribution in [2.24, 2.45) is 0 Å². The van der Waals surface area contributed by atoms with Crippen LogP contribution in [0.4, 0.5) is 5.69 Å². The number of hydrogen-bond acceptors (Lipinski definition) is 4. The van der Waals surface area contributed by atoms with Crippen LogP contribution < -0.4 is 10.2 Å². The van der Waals surface area contributed by atoms with Gasteiger partial charge in [0.2, 0.25) is 0 Å². The van der Waals surface area contributed by atoms with Crippen LogP contribution in [0.25, 0.3) is 0 Å². The fraction of sp³-hybridized carbons (Fsp3) is 0.500. The molecule has 3 rings (SSSR count). The van der Waals surface area contributed by atoms with Crippen molar-refractivity contribution >= 4 is 22.9 Å². The zero-order valence-electron chi connectivity index (χ0n) is 16.5. The van der Waals surface area contributed by atoms with Gasteiger partial charge in [0.1, 0.15) is 0 Å². The minimum absolute atomic E-state index is 0.0833. The summed E-state index contributed by atoms with van der Waals surface area (Å²) in [5, 5.41) is 3.11. The summed E-state index contributed by atoms with van der Waals surface area (Å²) in [7, 11) is 0. The van der Waals surface area contributed by atoms with Crippen molar-refractivity contribution in [2.45, 2.75) is 33.1 Å². The number of carbonyl (C=O) groups excluding carboxylic acids is 1.